The molecule has 2 atom stereocenters. The van der Waals surface area contributed by atoms with E-state index in [-0.39, 0.29) is 11.4 Å². The molecule has 0 aliphatic heterocycles. The van der Waals surface area contributed by atoms with Crippen LogP contribution in [0.2, 0.25) is 0 Å². The summed E-state index contributed by atoms with van der Waals surface area (Å²) in [6.07, 6.45) is 4.42. The highest BCUT2D eigenvalue weighted by atomic mass is 35.5. The fraction of sp³-hybridized carbons (Fsp3) is 0.500. The maximum absolute atomic E-state index is 13.5. The first-order chi connectivity index (χ1) is 9.50. The van der Waals surface area contributed by atoms with Gasteiger partial charge >= 0.3 is 0 Å². The molecule has 0 radical (unpaired) electrons. The average Bonchev–Trinajstić information content (AvgIpc) is 2.61. The fourth-order valence-electron chi connectivity index (χ4n) is 2.37. The number of alkyl halides is 1. The van der Waals surface area contributed by atoms with Gasteiger partial charge in [0.25, 0.3) is 5.91 Å². The summed E-state index contributed by atoms with van der Waals surface area (Å²) < 4.78 is 39.5. The first kappa shape index (κ1) is 15.2. The number of hydrogen-bond acceptors (Lipinski definition) is 1. The monoisotopic (exact) mass is 305 g/mol. The molecular weight excluding hydrogens is 291 g/mol. The van der Waals surface area contributed by atoms with E-state index in [0.717, 1.165) is 37.8 Å². The number of rotatable bonds is 2. The van der Waals surface area contributed by atoms with Crippen molar-refractivity contribution in [3.63, 3.8) is 0 Å². The van der Waals surface area contributed by atoms with Gasteiger partial charge in [0.1, 0.15) is 0 Å². The largest absolute Gasteiger partial charge is 0.348 e. The molecule has 0 heterocycles. The van der Waals surface area contributed by atoms with Crippen LogP contribution < -0.4 is 5.32 Å². The van der Waals surface area contributed by atoms with Crippen LogP contribution in [-0.4, -0.2) is 17.3 Å². The van der Waals surface area contributed by atoms with Crippen molar-refractivity contribution in [3.05, 3.63) is 35.1 Å². The van der Waals surface area contributed by atoms with E-state index in [9.17, 15) is 18.0 Å². The van der Waals surface area contributed by atoms with Gasteiger partial charge in [0.15, 0.2) is 17.5 Å². The summed E-state index contributed by atoms with van der Waals surface area (Å²) in [7, 11) is 0. The van der Waals surface area contributed by atoms with E-state index < -0.39 is 28.9 Å². The van der Waals surface area contributed by atoms with E-state index in [1.165, 1.54) is 0 Å². The Bertz CT molecular complexity index is 509. The lowest BCUT2D eigenvalue weighted by molar-refractivity contribution is 0.0928. The van der Waals surface area contributed by atoms with Crippen molar-refractivity contribution in [2.45, 2.75) is 43.5 Å². The Kier molecular flexibility index (Phi) is 4.91. The van der Waals surface area contributed by atoms with E-state index in [1.807, 2.05) is 0 Å². The summed E-state index contributed by atoms with van der Waals surface area (Å²) in [5, 5.41) is 2.39. The molecule has 1 aromatic carbocycles. The minimum absolute atomic E-state index is 0.227. The van der Waals surface area contributed by atoms with Crippen molar-refractivity contribution < 1.29 is 18.0 Å². The summed E-state index contributed by atoms with van der Waals surface area (Å²) in [4.78, 5) is 12.0. The Hall–Kier alpha value is -1.23. The van der Waals surface area contributed by atoms with Crippen molar-refractivity contribution in [3.8, 4) is 0 Å². The molecule has 0 saturated heterocycles. The van der Waals surface area contributed by atoms with Crippen molar-refractivity contribution in [2.75, 3.05) is 0 Å². The Labute approximate surface area is 120 Å². The molecule has 2 nitrogen and oxygen atoms in total. The first-order valence-electron chi connectivity index (χ1n) is 6.59. The number of nitrogens with one attached hydrogen (secondary N) is 1. The second-order valence-electron chi connectivity index (χ2n) is 4.96. The number of halogens is 4. The molecule has 0 bridgehead atoms. The lowest BCUT2D eigenvalue weighted by Gasteiger charge is -2.21. The van der Waals surface area contributed by atoms with Crippen LogP contribution in [-0.2, 0) is 0 Å². The molecule has 1 fully saturated rings. The summed E-state index contributed by atoms with van der Waals surface area (Å²) in [5.74, 6) is -5.19. The molecule has 110 valence electrons. The van der Waals surface area contributed by atoms with Crippen molar-refractivity contribution in [1.29, 1.82) is 0 Å². The number of hydrogen-bond donors (Lipinski definition) is 1. The fourth-order valence-corrected chi connectivity index (χ4v) is 2.72. The van der Waals surface area contributed by atoms with Gasteiger partial charge in [0, 0.05) is 6.04 Å². The summed E-state index contributed by atoms with van der Waals surface area (Å²) >= 11 is 6.17. The normalized spacial score (nSPS) is 23.2. The number of carbonyl (C=O) groups is 1. The quantitative estimate of drug-likeness (QED) is 0.503. The zero-order valence-electron chi connectivity index (χ0n) is 10.8. The van der Waals surface area contributed by atoms with Crippen molar-refractivity contribution in [1.82, 2.24) is 5.32 Å². The van der Waals surface area contributed by atoms with Gasteiger partial charge in [-0.05, 0) is 25.0 Å². The van der Waals surface area contributed by atoms with Gasteiger partial charge in [-0.3, -0.25) is 4.79 Å². The van der Waals surface area contributed by atoms with Gasteiger partial charge in [-0.1, -0.05) is 19.3 Å². The van der Waals surface area contributed by atoms with E-state index in [4.69, 9.17) is 11.6 Å². The molecule has 2 unspecified atom stereocenters. The van der Waals surface area contributed by atoms with Gasteiger partial charge in [0.2, 0.25) is 0 Å². The van der Waals surface area contributed by atoms with Gasteiger partial charge in [0.05, 0.1) is 10.9 Å². The molecule has 1 saturated carbocycles. The van der Waals surface area contributed by atoms with Crippen LogP contribution in [0, 0.1) is 17.5 Å². The van der Waals surface area contributed by atoms with Crippen LogP contribution in [0.1, 0.15) is 42.5 Å². The van der Waals surface area contributed by atoms with Crippen LogP contribution in [0.4, 0.5) is 13.2 Å². The molecule has 0 spiro atoms. The van der Waals surface area contributed by atoms with E-state index >= 15 is 0 Å². The maximum atomic E-state index is 13.5. The summed E-state index contributed by atoms with van der Waals surface area (Å²) in [6.45, 7) is 0. The van der Waals surface area contributed by atoms with Gasteiger partial charge in [-0.15, -0.1) is 11.6 Å². The topological polar surface area (TPSA) is 29.1 Å². The highest BCUT2D eigenvalue weighted by Crippen LogP contribution is 2.23. The second-order valence-corrected chi connectivity index (χ2v) is 5.52. The molecule has 1 aliphatic rings. The smallest absolute Gasteiger partial charge is 0.254 e. The molecule has 0 aromatic heterocycles. The minimum Gasteiger partial charge on any atom is -0.348 e. The Morgan fingerprint density at radius 1 is 1.10 bits per heavy atom. The zero-order chi connectivity index (χ0) is 14.7. The predicted octanol–water partition coefficient (Wildman–Crippen LogP) is 3.77. The summed E-state index contributed by atoms with van der Waals surface area (Å²) in [6, 6.07) is 1.39. The van der Waals surface area contributed by atoms with Gasteiger partial charge in [-0.2, -0.15) is 0 Å². The van der Waals surface area contributed by atoms with Crippen molar-refractivity contribution >= 4 is 17.5 Å². The Morgan fingerprint density at radius 2 is 1.80 bits per heavy atom. The maximum Gasteiger partial charge on any atom is 0.254 e. The molecule has 6 heteroatoms. The number of benzene rings is 1. The SMILES string of the molecule is O=C(NC1CCCCCC1Cl)c1ccc(F)c(F)c1F. The summed E-state index contributed by atoms with van der Waals surface area (Å²) in [5.41, 5.74) is -0.503. The third-order valence-corrected chi connectivity index (χ3v) is 4.05. The standard InChI is InChI=1S/C14H15ClF3NO/c15-9-4-2-1-3-5-11(9)19-14(20)8-6-7-10(16)13(18)12(8)17/h6-7,9,11H,1-5H2,(H,19,20). The third kappa shape index (κ3) is 3.26. The molecule has 1 aliphatic carbocycles. The molecule has 1 amide bonds. The van der Waals surface area contributed by atoms with Crippen molar-refractivity contribution in [2.24, 2.45) is 0 Å². The van der Waals surface area contributed by atoms with Crippen LogP contribution in [0.25, 0.3) is 0 Å². The number of carbonyl (C=O) groups excluding carboxylic acids is 1. The molecule has 1 N–H and O–H groups in total. The van der Waals surface area contributed by atoms with E-state index in [1.54, 1.807) is 0 Å². The van der Waals surface area contributed by atoms with E-state index in [2.05, 4.69) is 5.32 Å². The number of amides is 1. The lowest BCUT2D eigenvalue weighted by atomic mass is 10.1. The second kappa shape index (κ2) is 6.48. The lowest BCUT2D eigenvalue weighted by Crippen LogP contribution is -2.40. The molecule has 2 rings (SSSR count). The van der Waals surface area contributed by atoms with Gasteiger partial charge in [-0.25, -0.2) is 13.2 Å². The zero-order valence-corrected chi connectivity index (χ0v) is 11.5. The minimum atomic E-state index is -1.64. The third-order valence-electron chi connectivity index (χ3n) is 3.53. The molecule has 20 heavy (non-hydrogen) atoms. The average molecular weight is 306 g/mol. The Morgan fingerprint density at radius 3 is 2.55 bits per heavy atom. The predicted molar refractivity (Wildman–Crippen MR) is 70.3 cm³/mol. The molecular formula is C14H15ClF3NO. The molecule has 1 aromatic rings. The van der Waals surface area contributed by atoms with Crippen LogP contribution in [0.5, 0.6) is 0 Å². The van der Waals surface area contributed by atoms with Crippen LogP contribution >= 0.6 is 11.6 Å². The van der Waals surface area contributed by atoms with Crippen LogP contribution in [0.15, 0.2) is 12.1 Å². The Balaban J connectivity index is 2.13. The van der Waals surface area contributed by atoms with Crippen LogP contribution in [0.3, 0.4) is 0 Å². The highest BCUT2D eigenvalue weighted by Gasteiger charge is 2.26. The highest BCUT2D eigenvalue weighted by molar-refractivity contribution is 6.21. The first-order valence-corrected chi connectivity index (χ1v) is 7.02. The van der Waals surface area contributed by atoms with Gasteiger partial charge < -0.3 is 5.32 Å². The van der Waals surface area contributed by atoms with E-state index in [0.29, 0.717) is 6.42 Å².